The summed E-state index contributed by atoms with van der Waals surface area (Å²) in [5.41, 5.74) is 0. The van der Waals surface area contributed by atoms with Gasteiger partial charge in [0.1, 0.15) is 5.82 Å². The minimum Gasteiger partial charge on any atom is -0.365 e. The van der Waals surface area contributed by atoms with E-state index in [1.807, 2.05) is 0 Å². The van der Waals surface area contributed by atoms with Gasteiger partial charge >= 0.3 is 0 Å². The van der Waals surface area contributed by atoms with E-state index in [4.69, 9.17) is 0 Å². The molecule has 1 saturated heterocycles. The van der Waals surface area contributed by atoms with Crippen LogP contribution in [0, 0.1) is 0 Å². The Labute approximate surface area is 105 Å². The lowest BCUT2D eigenvalue weighted by Crippen LogP contribution is -2.22. The fourth-order valence-corrected chi connectivity index (χ4v) is 2.70. The molecule has 2 heterocycles. The van der Waals surface area contributed by atoms with Crippen LogP contribution in [0.15, 0.2) is 24.3 Å². The van der Waals surface area contributed by atoms with E-state index in [-0.39, 0.29) is 12.4 Å². The molecule has 5 heteroatoms. The number of hydrogen-bond donors (Lipinski definition) is 2. The molecule has 2 N–H and O–H groups in total. The van der Waals surface area contributed by atoms with Crippen molar-refractivity contribution in [1.82, 2.24) is 9.69 Å². The highest BCUT2D eigenvalue weighted by Crippen LogP contribution is 2.27. The first kappa shape index (κ1) is 11.6. The van der Waals surface area contributed by atoms with Gasteiger partial charge in [0.05, 0.1) is 4.70 Å². The summed E-state index contributed by atoms with van der Waals surface area (Å²) in [4.78, 5) is 0. The highest BCUT2D eigenvalue weighted by Gasteiger charge is 2.16. The third-order valence-electron chi connectivity index (χ3n) is 2.78. The van der Waals surface area contributed by atoms with Crippen LogP contribution in [-0.2, 0) is 0 Å². The molecule has 1 aromatic carbocycles. The number of halogens is 1. The van der Waals surface area contributed by atoms with E-state index in [0.29, 0.717) is 6.04 Å². The first-order valence-corrected chi connectivity index (χ1v) is 6.02. The molecule has 1 atom stereocenters. The lowest BCUT2D eigenvalue weighted by atomic mass is 10.2. The fourth-order valence-electron chi connectivity index (χ4n) is 1.96. The molecule has 86 valence electrons. The third kappa shape index (κ3) is 2.14. The number of nitrogens with zero attached hydrogens (tertiary/aromatic N) is 1. The number of anilines is 1. The van der Waals surface area contributed by atoms with Crippen LogP contribution in [0.5, 0.6) is 0 Å². The van der Waals surface area contributed by atoms with E-state index in [1.165, 1.54) is 16.5 Å². The Morgan fingerprint density at radius 2 is 2.25 bits per heavy atom. The zero-order valence-corrected chi connectivity index (χ0v) is 10.4. The monoisotopic (exact) mass is 255 g/mol. The molecular weight excluding hydrogens is 242 g/mol. The van der Waals surface area contributed by atoms with Crippen LogP contribution < -0.4 is 10.6 Å². The number of nitrogens with one attached hydrogen (secondary N) is 2. The zero-order chi connectivity index (χ0) is 10.1. The van der Waals surface area contributed by atoms with Gasteiger partial charge in [-0.2, -0.15) is 4.37 Å². The number of hydrogen-bond acceptors (Lipinski definition) is 4. The summed E-state index contributed by atoms with van der Waals surface area (Å²) in [5.74, 6) is 1.05. The summed E-state index contributed by atoms with van der Waals surface area (Å²) in [6.45, 7) is 2.16. The van der Waals surface area contributed by atoms with Crippen LogP contribution in [0.4, 0.5) is 5.82 Å². The molecule has 0 unspecified atom stereocenters. The van der Waals surface area contributed by atoms with Crippen molar-refractivity contribution < 1.29 is 0 Å². The highest BCUT2D eigenvalue weighted by molar-refractivity contribution is 7.13. The molecule has 0 spiro atoms. The molecule has 3 nitrogen and oxygen atoms in total. The SMILES string of the molecule is Cl.c1ccc2c(N[C@@H]3CCNC3)nsc2c1. The van der Waals surface area contributed by atoms with Gasteiger partial charge < -0.3 is 10.6 Å². The highest BCUT2D eigenvalue weighted by atomic mass is 35.5. The van der Waals surface area contributed by atoms with Crippen molar-refractivity contribution in [3.05, 3.63) is 24.3 Å². The summed E-state index contributed by atoms with van der Waals surface area (Å²) in [6, 6.07) is 8.90. The van der Waals surface area contributed by atoms with Crippen molar-refractivity contribution in [3.8, 4) is 0 Å². The lowest BCUT2D eigenvalue weighted by Gasteiger charge is -2.09. The maximum Gasteiger partial charge on any atom is 0.147 e. The molecule has 2 aromatic rings. The van der Waals surface area contributed by atoms with Crippen molar-refractivity contribution in [2.45, 2.75) is 12.5 Å². The second-order valence-electron chi connectivity index (χ2n) is 3.86. The lowest BCUT2D eigenvalue weighted by molar-refractivity contribution is 0.791. The van der Waals surface area contributed by atoms with Gasteiger partial charge in [0.15, 0.2) is 0 Å². The van der Waals surface area contributed by atoms with Crippen molar-refractivity contribution in [1.29, 1.82) is 0 Å². The molecule has 3 rings (SSSR count). The first-order valence-electron chi connectivity index (χ1n) is 5.25. The second kappa shape index (κ2) is 4.99. The summed E-state index contributed by atoms with van der Waals surface area (Å²) in [5, 5.41) is 8.09. The topological polar surface area (TPSA) is 37.0 Å². The smallest absolute Gasteiger partial charge is 0.147 e. The molecule has 0 radical (unpaired) electrons. The molecule has 0 saturated carbocycles. The van der Waals surface area contributed by atoms with Gasteiger partial charge in [-0.15, -0.1) is 12.4 Å². The summed E-state index contributed by atoms with van der Waals surface area (Å²) in [6.07, 6.45) is 1.19. The van der Waals surface area contributed by atoms with Gasteiger partial charge in [0, 0.05) is 18.0 Å². The first-order chi connectivity index (χ1) is 7.43. The van der Waals surface area contributed by atoms with E-state index >= 15 is 0 Å². The molecule has 1 fully saturated rings. The van der Waals surface area contributed by atoms with Gasteiger partial charge in [-0.25, -0.2) is 0 Å². The normalized spacial score (nSPS) is 19.6. The van der Waals surface area contributed by atoms with Crippen molar-refractivity contribution >= 4 is 39.8 Å². The third-order valence-corrected chi connectivity index (χ3v) is 3.61. The number of aromatic nitrogens is 1. The van der Waals surface area contributed by atoms with E-state index in [9.17, 15) is 0 Å². The van der Waals surface area contributed by atoms with E-state index in [0.717, 1.165) is 18.9 Å². The van der Waals surface area contributed by atoms with Crippen LogP contribution in [0.2, 0.25) is 0 Å². The van der Waals surface area contributed by atoms with E-state index < -0.39 is 0 Å². The maximum atomic E-state index is 4.46. The summed E-state index contributed by atoms with van der Waals surface area (Å²) in [7, 11) is 0. The number of fused-ring (bicyclic) bond motifs is 1. The average Bonchev–Trinajstić information content (AvgIpc) is 2.89. The Balaban J connectivity index is 0.000000963. The number of benzene rings is 1. The fraction of sp³-hybridized carbons (Fsp3) is 0.364. The van der Waals surface area contributed by atoms with Crippen LogP contribution in [0.3, 0.4) is 0 Å². The largest absolute Gasteiger partial charge is 0.365 e. The van der Waals surface area contributed by atoms with Crippen LogP contribution in [0.1, 0.15) is 6.42 Å². The molecular formula is C11H14ClN3S. The zero-order valence-electron chi connectivity index (χ0n) is 8.77. The van der Waals surface area contributed by atoms with Gasteiger partial charge in [-0.05, 0) is 36.6 Å². The minimum atomic E-state index is 0. The molecule has 1 aliphatic heterocycles. The second-order valence-corrected chi connectivity index (χ2v) is 4.67. The summed E-state index contributed by atoms with van der Waals surface area (Å²) >= 11 is 1.56. The Hall–Kier alpha value is -0.840. The Morgan fingerprint density at radius 1 is 1.38 bits per heavy atom. The predicted octanol–water partition coefficient (Wildman–Crippen LogP) is 2.49. The molecule has 0 aliphatic carbocycles. The standard InChI is InChI=1S/C11H13N3S.ClH/c1-2-4-10-9(3-1)11(14-15-10)13-8-5-6-12-7-8;/h1-4,8,12H,5-7H2,(H,13,14);1H/t8-;/m1./s1. The average molecular weight is 256 g/mol. The minimum absolute atomic E-state index is 0. The van der Waals surface area contributed by atoms with Gasteiger partial charge in [0.25, 0.3) is 0 Å². The van der Waals surface area contributed by atoms with Crippen molar-refractivity contribution in [2.75, 3.05) is 18.4 Å². The van der Waals surface area contributed by atoms with Gasteiger partial charge in [-0.1, -0.05) is 12.1 Å². The van der Waals surface area contributed by atoms with Crippen LogP contribution >= 0.6 is 23.9 Å². The molecule has 1 aromatic heterocycles. The predicted molar refractivity (Wildman–Crippen MR) is 71.8 cm³/mol. The van der Waals surface area contributed by atoms with Crippen LogP contribution in [0.25, 0.3) is 10.1 Å². The maximum absolute atomic E-state index is 4.46. The van der Waals surface area contributed by atoms with E-state index in [1.54, 1.807) is 11.5 Å². The summed E-state index contributed by atoms with van der Waals surface area (Å²) < 4.78 is 5.72. The Morgan fingerprint density at radius 3 is 3.06 bits per heavy atom. The van der Waals surface area contributed by atoms with Gasteiger partial charge in [0.2, 0.25) is 0 Å². The quantitative estimate of drug-likeness (QED) is 0.866. The van der Waals surface area contributed by atoms with E-state index in [2.05, 4.69) is 39.3 Å². The molecule has 16 heavy (non-hydrogen) atoms. The molecule has 0 amide bonds. The van der Waals surface area contributed by atoms with Crippen molar-refractivity contribution in [3.63, 3.8) is 0 Å². The van der Waals surface area contributed by atoms with Gasteiger partial charge in [-0.3, -0.25) is 0 Å². The Bertz CT molecular complexity index is 465. The number of rotatable bonds is 2. The Kier molecular flexibility index (Phi) is 3.63. The molecule has 1 aliphatic rings. The van der Waals surface area contributed by atoms with Crippen molar-refractivity contribution in [2.24, 2.45) is 0 Å². The van der Waals surface area contributed by atoms with Crippen LogP contribution in [-0.4, -0.2) is 23.5 Å². The molecule has 0 bridgehead atoms.